The molecule has 0 fully saturated rings. The molecule has 2 heteroatoms. The molecule has 1 aromatic carbocycles. The Morgan fingerprint density at radius 1 is 1.00 bits per heavy atom. The zero-order valence-electron chi connectivity index (χ0n) is 12.9. The molecule has 1 heterocycles. The number of benzene rings is 1. The van der Waals surface area contributed by atoms with Crippen molar-refractivity contribution in [2.75, 3.05) is 6.54 Å². The van der Waals surface area contributed by atoms with Gasteiger partial charge in [0.2, 0.25) is 0 Å². The molecule has 1 unspecified atom stereocenters. The van der Waals surface area contributed by atoms with E-state index in [2.05, 4.69) is 74.4 Å². The van der Waals surface area contributed by atoms with Crippen LogP contribution in [0.25, 0.3) is 0 Å². The Morgan fingerprint density at radius 2 is 1.70 bits per heavy atom. The number of rotatable bonds is 5. The highest BCUT2D eigenvalue weighted by Crippen LogP contribution is 2.24. The second kappa shape index (κ2) is 6.67. The molecular weight excluding hydrogens is 244 g/mol. The second-order valence-corrected chi connectivity index (χ2v) is 5.27. The van der Waals surface area contributed by atoms with Gasteiger partial charge >= 0.3 is 0 Å². The normalized spacial score (nSPS) is 12.4. The van der Waals surface area contributed by atoms with E-state index in [0.29, 0.717) is 0 Å². The molecule has 2 rings (SSSR count). The highest BCUT2D eigenvalue weighted by Gasteiger charge is 2.14. The Labute approximate surface area is 122 Å². The Hall–Kier alpha value is -1.67. The maximum atomic E-state index is 4.48. The van der Waals surface area contributed by atoms with Crippen molar-refractivity contribution in [1.29, 1.82) is 0 Å². The SMILES string of the molecule is CCNC(c1cccc(CC)c1)c1cc(C)nc(C)c1. The predicted octanol–water partition coefficient (Wildman–Crippen LogP) is 3.96. The van der Waals surface area contributed by atoms with Crippen molar-refractivity contribution in [1.82, 2.24) is 10.3 Å². The highest BCUT2D eigenvalue weighted by molar-refractivity contribution is 5.35. The number of hydrogen-bond donors (Lipinski definition) is 1. The molecule has 0 aliphatic carbocycles. The fourth-order valence-electron chi connectivity index (χ4n) is 2.66. The van der Waals surface area contributed by atoms with Crippen molar-refractivity contribution in [3.8, 4) is 0 Å². The van der Waals surface area contributed by atoms with Crippen LogP contribution in [0.15, 0.2) is 36.4 Å². The summed E-state index contributed by atoms with van der Waals surface area (Å²) in [5.74, 6) is 0. The zero-order valence-corrected chi connectivity index (χ0v) is 12.9. The Morgan fingerprint density at radius 3 is 2.30 bits per heavy atom. The van der Waals surface area contributed by atoms with Gasteiger partial charge in [-0.05, 0) is 55.6 Å². The standard InChI is InChI=1S/C18H24N2/c1-5-15-8-7-9-16(12-15)18(19-6-2)17-10-13(3)20-14(4)11-17/h7-12,18-19H,5-6H2,1-4H3. The van der Waals surface area contributed by atoms with Crippen LogP contribution in [0.4, 0.5) is 0 Å². The summed E-state index contributed by atoms with van der Waals surface area (Å²) in [6, 6.07) is 13.5. The Bertz CT molecular complexity index is 555. The van der Waals surface area contributed by atoms with E-state index in [-0.39, 0.29) is 6.04 Å². The molecule has 1 atom stereocenters. The number of pyridine rings is 1. The zero-order chi connectivity index (χ0) is 14.5. The van der Waals surface area contributed by atoms with Gasteiger partial charge in [-0.15, -0.1) is 0 Å². The number of aromatic nitrogens is 1. The maximum absolute atomic E-state index is 4.48. The van der Waals surface area contributed by atoms with Crippen LogP contribution in [0.3, 0.4) is 0 Å². The van der Waals surface area contributed by atoms with E-state index >= 15 is 0 Å². The fourth-order valence-corrected chi connectivity index (χ4v) is 2.66. The lowest BCUT2D eigenvalue weighted by Gasteiger charge is -2.20. The summed E-state index contributed by atoms with van der Waals surface area (Å²) in [6.07, 6.45) is 1.07. The maximum Gasteiger partial charge on any atom is 0.0578 e. The van der Waals surface area contributed by atoms with Gasteiger partial charge in [-0.2, -0.15) is 0 Å². The first-order valence-electron chi connectivity index (χ1n) is 7.41. The van der Waals surface area contributed by atoms with Crippen molar-refractivity contribution in [3.05, 3.63) is 64.5 Å². The molecule has 1 N–H and O–H groups in total. The van der Waals surface area contributed by atoms with Crippen LogP contribution in [-0.4, -0.2) is 11.5 Å². The Kier molecular flexibility index (Phi) is 4.91. The van der Waals surface area contributed by atoms with Gasteiger partial charge in [-0.1, -0.05) is 38.1 Å². The summed E-state index contributed by atoms with van der Waals surface area (Å²) >= 11 is 0. The molecule has 106 valence electrons. The van der Waals surface area contributed by atoms with E-state index < -0.39 is 0 Å². The van der Waals surface area contributed by atoms with Crippen LogP contribution in [-0.2, 0) is 6.42 Å². The van der Waals surface area contributed by atoms with Gasteiger partial charge in [0.15, 0.2) is 0 Å². The summed E-state index contributed by atoms with van der Waals surface area (Å²) in [7, 11) is 0. The average molecular weight is 268 g/mol. The van der Waals surface area contributed by atoms with Crippen LogP contribution in [0.2, 0.25) is 0 Å². The minimum Gasteiger partial charge on any atom is -0.307 e. The van der Waals surface area contributed by atoms with E-state index in [4.69, 9.17) is 0 Å². The molecule has 20 heavy (non-hydrogen) atoms. The lowest BCUT2D eigenvalue weighted by molar-refractivity contribution is 0.628. The number of nitrogens with one attached hydrogen (secondary N) is 1. The minimum absolute atomic E-state index is 0.242. The average Bonchev–Trinajstić information content (AvgIpc) is 2.43. The molecule has 0 spiro atoms. The molecule has 0 radical (unpaired) electrons. The molecule has 0 saturated carbocycles. The Balaban J connectivity index is 2.43. The largest absolute Gasteiger partial charge is 0.307 e. The second-order valence-electron chi connectivity index (χ2n) is 5.27. The molecule has 2 nitrogen and oxygen atoms in total. The van der Waals surface area contributed by atoms with E-state index in [1.54, 1.807) is 0 Å². The summed E-state index contributed by atoms with van der Waals surface area (Å²) in [5.41, 5.74) is 6.17. The number of nitrogens with zero attached hydrogens (tertiary/aromatic N) is 1. The lowest BCUT2D eigenvalue weighted by atomic mass is 9.96. The van der Waals surface area contributed by atoms with Crippen LogP contribution in [0.5, 0.6) is 0 Å². The van der Waals surface area contributed by atoms with Gasteiger partial charge in [-0.25, -0.2) is 0 Å². The monoisotopic (exact) mass is 268 g/mol. The van der Waals surface area contributed by atoms with E-state index in [9.17, 15) is 0 Å². The highest BCUT2D eigenvalue weighted by atomic mass is 14.9. The molecule has 0 bridgehead atoms. The van der Waals surface area contributed by atoms with E-state index in [1.807, 2.05) is 0 Å². The number of hydrogen-bond acceptors (Lipinski definition) is 2. The first-order valence-corrected chi connectivity index (χ1v) is 7.41. The van der Waals surface area contributed by atoms with Crippen molar-refractivity contribution in [2.45, 2.75) is 40.2 Å². The van der Waals surface area contributed by atoms with E-state index in [1.165, 1.54) is 16.7 Å². The fraction of sp³-hybridized carbons (Fsp3) is 0.389. The van der Waals surface area contributed by atoms with Gasteiger partial charge in [0.1, 0.15) is 0 Å². The summed E-state index contributed by atoms with van der Waals surface area (Å²) in [6.45, 7) is 9.41. The van der Waals surface area contributed by atoms with E-state index in [0.717, 1.165) is 24.4 Å². The van der Waals surface area contributed by atoms with Gasteiger partial charge < -0.3 is 5.32 Å². The van der Waals surface area contributed by atoms with Crippen molar-refractivity contribution < 1.29 is 0 Å². The van der Waals surface area contributed by atoms with Crippen molar-refractivity contribution in [3.63, 3.8) is 0 Å². The first-order chi connectivity index (χ1) is 9.63. The smallest absolute Gasteiger partial charge is 0.0578 e. The van der Waals surface area contributed by atoms with Crippen LogP contribution in [0.1, 0.15) is 48.0 Å². The van der Waals surface area contributed by atoms with Crippen molar-refractivity contribution >= 4 is 0 Å². The third-order valence-corrected chi connectivity index (χ3v) is 3.54. The van der Waals surface area contributed by atoms with Crippen LogP contribution >= 0.6 is 0 Å². The van der Waals surface area contributed by atoms with Crippen LogP contribution in [0, 0.1) is 13.8 Å². The van der Waals surface area contributed by atoms with Crippen LogP contribution < -0.4 is 5.32 Å². The minimum atomic E-state index is 0.242. The molecule has 0 aliphatic rings. The van der Waals surface area contributed by atoms with Gasteiger partial charge in [-0.3, -0.25) is 4.98 Å². The quantitative estimate of drug-likeness (QED) is 0.888. The molecular formula is C18H24N2. The third-order valence-electron chi connectivity index (χ3n) is 3.54. The molecule has 0 aliphatic heterocycles. The van der Waals surface area contributed by atoms with Gasteiger partial charge in [0.05, 0.1) is 6.04 Å². The molecule has 2 aromatic rings. The molecule has 1 aromatic heterocycles. The number of aryl methyl sites for hydroxylation is 3. The molecule has 0 saturated heterocycles. The summed E-state index contributed by atoms with van der Waals surface area (Å²) in [5, 5.41) is 3.59. The summed E-state index contributed by atoms with van der Waals surface area (Å²) in [4.78, 5) is 4.48. The summed E-state index contributed by atoms with van der Waals surface area (Å²) < 4.78 is 0. The first kappa shape index (κ1) is 14.7. The van der Waals surface area contributed by atoms with Gasteiger partial charge in [0.25, 0.3) is 0 Å². The van der Waals surface area contributed by atoms with Gasteiger partial charge in [0, 0.05) is 11.4 Å². The lowest BCUT2D eigenvalue weighted by Crippen LogP contribution is -2.22. The van der Waals surface area contributed by atoms with Crippen molar-refractivity contribution in [2.24, 2.45) is 0 Å². The predicted molar refractivity (Wildman–Crippen MR) is 85.1 cm³/mol. The topological polar surface area (TPSA) is 24.9 Å². The molecule has 0 amide bonds. The third kappa shape index (κ3) is 3.45.